The van der Waals surface area contributed by atoms with Gasteiger partial charge in [0, 0.05) is 30.6 Å². The van der Waals surface area contributed by atoms with Crippen molar-refractivity contribution in [1.29, 1.82) is 0 Å². The number of ketones is 1. The third-order valence-electron chi connectivity index (χ3n) is 3.52. The van der Waals surface area contributed by atoms with Crippen LogP contribution in [-0.4, -0.2) is 29.2 Å². The van der Waals surface area contributed by atoms with Crippen LogP contribution < -0.4 is 0 Å². The minimum atomic E-state index is -0.770. The Hall–Kier alpha value is -1.78. The second-order valence-electron chi connectivity index (χ2n) is 5.21. The smallest absolute Gasteiger partial charge is 0.254 e. The SMILES string of the molecule is CC(=O)CC1CCCCN1C(=O)c1cc(F)cc(F)c1. The van der Waals surface area contributed by atoms with Gasteiger partial charge in [0.1, 0.15) is 17.4 Å². The van der Waals surface area contributed by atoms with Gasteiger partial charge in [0.05, 0.1) is 0 Å². The zero-order chi connectivity index (χ0) is 14.7. The van der Waals surface area contributed by atoms with Crippen molar-refractivity contribution in [1.82, 2.24) is 4.90 Å². The first-order valence-corrected chi connectivity index (χ1v) is 6.74. The summed E-state index contributed by atoms with van der Waals surface area (Å²) in [5.41, 5.74) is -0.00190. The first kappa shape index (κ1) is 14.6. The highest BCUT2D eigenvalue weighted by Gasteiger charge is 2.28. The second-order valence-corrected chi connectivity index (χ2v) is 5.21. The first-order chi connectivity index (χ1) is 9.47. The second kappa shape index (κ2) is 6.11. The van der Waals surface area contributed by atoms with Crippen LogP contribution in [0.2, 0.25) is 0 Å². The first-order valence-electron chi connectivity index (χ1n) is 6.74. The third kappa shape index (κ3) is 3.40. The van der Waals surface area contributed by atoms with E-state index in [1.54, 1.807) is 4.90 Å². The topological polar surface area (TPSA) is 37.4 Å². The predicted octanol–water partition coefficient (Wildman–Crippen LogP) is 2.94. The van der Waals surface area contributed by atoms with E-state index in [0.29, 0.717) is 13.0 Å². The highest BCUT2D eigenvalue weighted by atomic mass is 19.1. The number of piperidine rings is 1. The van der Waals surface area contributed by atoms with E-state index in [1.807, 2.05) is 0 Å². The quantitative estimate of drug-likeness (QED) is 0.854. The Balaban J connectivity index is 2.22. The number of rotatable bonds is 3. The highest BCUT2D eigenvalue weighted by molar-refractivity contribution is 5.94. The summed E-state index contributed by atoms with van der Waals surface area (Å²) in [4.78, 5) is 25.2. The van der Waals surface area contributed by atoms with E-state index in [2.05, 4.69) is 0 Å². The maximum Gasteiger partial charge on any atom is 0.254 e. The van der Waals surface area contributed by atoms with Crippen molar-refractivity contribution < 1.29 is 18.4 Å². The molecule has 0 aliphatic carbocycles. The number of halogens is 2. The summed E-state index contributed by atoms with van der Waals surface area (Å²) in [7, 11) is 0. The van der Waals surface area contributed by atoms with Crippen LogP contribution in [0.5, 0.6) is 0 Å². The van der Waals surface area contributed by atoms with Gasteiger partial charge in [-0.1, -0.05) is 0 Å². The number of likely N-dealkylation sites (tertiary alicyclic amines) is 1. The molecule has 0 bridgehead atoms. The van der Waals surface area contributed by atoms with E-state index < -0.39 is 17.5 Å². The molecule has 1 unspecified atom stereocenters. The van der Waals surface area contributed by atoms with Crippen molar-refractivity contribution in [2.75, 3.05) is 6.54 Å². The number of amides is 1. The van der Waals surface area contributed by atoms with Crippen molar-refractivity contribution in [2.24, 2.45) is 0 Å². The molecular formula is C15H17F2NO2. The fourth-order valence-corrected chi connectivity index (χ4v) is 2.66. The molecule has 1 fully saturated rings. The minimum Gasteiger partial charge on any atom is -0.335 e. The Kier molecular flexibility index (Phi) is 4.47. The monoisotopic (exact) mass is 281 g/mol. The number of carbonyl (C=O) groups is 2. The lowest BCUT2D eigenvalue weighted by Gasteiger charge is -2.35. The number of hydrogen-bond acceptors (Lipinski definition) is 2. The average molecular weight is 281 g/mol. The summed E-state index contributed by atoms with van der Waals surface area (Å²) in [6, 6.07) is 2.63. The van der Waals surface area contributed by atoms with Gasteiger partial charge in [-0.05, 0) is 38.3 Å². The molecule has 1 aliphatic rings. The molecule has 2 rings (SSSR count). The molecule has 0 spiro atoms. The summed E-state index contributed by atoms with van der Waals surface area (Å²) in [6.07, 6.45) is 2.85. The van der Waals surface area contributed by atoms with Gasteiger partial charge in [-0.3, -0.25) is 9.59 Å². The van der Waals surface area contributed by atoms with E-state index in [9.17, 15) is 18.4 Å². The molecule has 0 radical (unpaired) electrons. The molecule has 108 valence electrons. The molecule has 1 amide bonds. The molecule has 1 heterocycles. The summed E-state index contributed by atoms with van der Waals surface area (Å²) < 4.78 is 26.4. The molecule has 1 aromatic rings. The van der Waals surface area contributed by atoms with E-state index in [4.69, 9.17) is 0 Å². The summed E-state index contributed by atoms with van der Waals surface area (Å²) in [6.45, 7) is 2.01. The third-order valence-corrected chi connectivity index (χ3v) is 3.52. The van der Waals surface area contributed by atoms with Gasteiger partial charge in [0.2, 0.25) is 0 Å². The van der Waals surface area contributed by atoms with Crippen LogP contribution in [0.15, 0.2) is 18.2 Å². The maximum atomic E-state index is 13.2. The molecular weight excluding hydrogens is 264 g/mol. The van der Waals surface area contributed by atoms with E-state index in [-0.39, 0.29) is 17.4 Å². The summed E-state index contributed by atoms with van der Waals surface area (Å²) in [5, 5.41) is 0. The van der Waals surface area contributed by atoms with Crippen LogP contribution in [0, 0.1) is 11.6 Å². The van der Waals surface area contributed by atoms with Crippen molar-refractivity contribution in [2.45, 2.75) is 38.6 Å². The van der Waals surface area contributed by atoms with Crippen LogP contribution >= 0.6 is 0 Å². The zero-order valence-corrected chi connectivity index (χ0v) is 11.4. The maximum absolute atomic E-state index is 13.2. The number of Topliss-reactive ketones (excluding diaryl/α,β-unsaturated/α-hetero) is 1. The van der Waals surface area contributed by atoms with Gasteiger partial charge in [-0.15, -0.1) is 0 Å². The number of nitrogens with zero attached hydrogens (tertiary/aromatic N) is 1. The van der Waals surface area contributed by atoms with Crippen LogP contribution in [0.3, 0.4) is 0 Å². The summed E-state index contributed by atoms with van der Waals surface area (Å²) >= 11 is 0. The van der Waals surface area contributed by atoms with Crippen molar-refractivity contribution in [3.63, 3.8) is 0 Å². The Morgan fingerprint density at radius 1 is 1.20 bits per heavy atom. The van der Waals surface area contributed by atoms with E-state index in [1.165, 1.54) is 6.92 Å². The van der Waals surface area contributed by atoms with Crippen LogP contribution in [0.1, 0.15) is 43.0 Å². The fourth-order valence-electron chi connectivity index (χ4n) is 2.66. The van der Waals surface area contributed by atoms with Gasteiger partial charge in [0.15, 0.2) is 0 Å². The highest BCUT2D eigenvalue weighted by Crippen LogP contribution is 2.23. The lowest BCUT2D eigenvalue weighted by Crippen LogP contribution is -2.44. The van der Waals surface area contributed by atoms with Gasteiger partial charge in [-0.25, -0.2) is 8.78 Å². The Labute approximate surface area is 116 Å². The lowest BCUT2D eigenvalue weighted by atomic mass is 9.97. The van der Waals surface area contributed by atoms with Crippen molar-refractivity contribution in [3.05, 3.63) is 35.4 Å². The molecule has 1 aromatic carbocycles. The molecule has 20 heavy (non-hydrogen) atoms. The standard InChI is InChI=1S/C15H17F2NO2/c1-10(19)6-14-4-2-3-5-18(14)15(20)11-7-12(16)9-13(17)8-11/h7-9,14H,2-6H2,1H3. The van der Waals surface area contributed by atoms with Crippen molar-refractivity contribution >= 4 is 11.7 Å². The van der Waals surface area contributed by atoms with Crippen LogP contribution in [0.25, 0.3) is 0 Å². The lowest BCUT2D eigenvalue weighted by molar-refractivity contribution is -0.118. The molecule has 1 aliphatic heterocycles. The minimum absolute atomic E-state index is 0.00190. The normalized spacial score (nSPS) is 18.9. The largest absolute Gasteiger partial charge is 0.335 e. The van der Waals surface area contributed by atoms with Crippen LogP contribution in [0.4, 0.5) is 8.78 Å². The number of hydrogen-bond donors (Lipinski definition) is 0. The molecule has 0 aromatic heterocycles. The van der Waals surface area contributed by atoms with E-state index >= 15 is 0 Å². The average Bonchev–Trinajstić information content (AvgIpc) is 2.36. The number of benzene rings is 1. The van der Waals surface area contributed by atoms with E-state index in [0.717, 1.165) is 37.5 Å². The van der Waals surface area contributed by atoms with Gasteiger partial charge >= 0.3 is 0 Å². The Bertz CT molecular complexity index is 510. The fraction of sp³-hybridized carbons (Fsp3) is 0.467. The summed E-state index contributed by atoms with van der Waals surface area (Å²) in [5.74, 6) is -1.93. The number of carbonyl (C=O) groups excluding carboxylic acids is 2. The van der Waals surface area contributed by atoms with Gasteiger partial charge in [0.25, 0.3) is 5.91 Å². The zero-order valence-electron chi connectivity index (χ0n) is 11.4. The van der Waals surface area contributed by atoms with Gasteiger partial charge in [-0.2, -0.15) is 0 Å². The molecule has 0 N–H and O–H groups in total. The molecule has 0 saturated carbocycles. The molecule has 1 atom stereocenters. The van der Waals surface area contributed by atoms with Crippen LogP contribution in [-0.2, 0) is 4.79 Å². The predicted molar refractivity (Wildman–Crippen MR) is 70.3 cm³/mol. The Morgan fingerprint density at radius 3 is 2.45 bits per heavy atom. The molecule has 3 nitrogen and oxygen atoms in total. The van der Waals surface area contributed by atoms with Crippen molar-refractivity contribution in [3.8, 4) is 0 Å². The molecule has 1 saturated heterocycles. The molecule has 5 heteroatoms. The van der Waals surface area contributed by atoms with Gasteiger partial charge < -0.3 is 4.90 Å². The Morgan fingerprint density at radius 2 is 1.85 bits per heavy atom.